The summed E-state index contributed by atoms with van der Waals surface area (Å²) in [4.78, 5) is 9.89. The predicted octanol–water partition coefficient (Wildman–Crippen LogP) is 13.0. The average molecular weight is 641 g/mol. The topological polar surface area (TPSA) is 3.24 Å². The first kappa shape index (κ1) is 28.7. The Balaban J connectivity index is 1.24. The number of halogens is 2. The molecule has 0 aliphatic rings. The minimum atomic E-state index is 0.687. The highest BCUT2D eigenvalue weighted by molar-refractivity contribution is 7.16. The van der Waals surface area contributed by atoms with Crippen molar-refractivity contribution in [1.29, 1.82) is 0 Å². The van der Waals surface area contributed by atoms with Crippen LogP contribution in [0.4, 0.5) is 17.1 Å². The van der Waals surface area contributed by atoms with Crippen molar-refractivity contribution in [1.82, 2.24) is 0 Å². The predicted molar refractivity (Wildman–Crippen MR) is 189 cm³/mol. The summed E-state index contributed by atoms with van der Waals surface area (Å²) in [6.45, 7) is 4.33. The van der Waals surface area contributed by atoms with E-state index in [4.69, 9.17) is 23.2 Å². The molecule has 208 valence electrons. The molecule has 0 amide bonds. The van der Waals surface area contributed by atoms with Gasteiger partial charge in [0.15, 0.2) is 0 Å². The zero-order valence-corrected chi connectivity index (χ0v) is 27.0. The van der Waals surface area contributed by atoms with Gasteiger partial charge in [0, 0.05) is 61.9 Å². The van der Waals surface area contributed by atoms with Crippen LogP contribution in [0.15, 0.2) is 109 Å². The Hall–Kier alpha value is -3.38. The molecule has 0 N–H and O–H groups in total. The molecular formula is C36H27Cl2NS3. The van der Waals surface area contributed by atoms with E-state index in [0.717, 1.165) is 22.6 Å². The second-order valence-corrected chi connectivity index (χ2v) is 14.4. The SMILES string of the molecule is Cc1ccc(C(=Cc2ccc(C=Cc3ccc(N(c4cccc(Cl)c4)c4cccc(Cl)c4)cc3)s2)c2ccc(C)s2)s1. The molecule has 1 nitrogen and oxygen atoms in total. The summed E-state index contributed by atoms with van der Waals surface area (Å²) in [6, 6.07) is 37.5. The molecular weight excluding hydrogens is 614 g/mol. The smallest absolute Gasteiger partial charge is 0.0476 e. The zero-order valence-electron chi connectivity index (χ0n) is 23.1. The first-order valence-electron chi connectivity index (χ1n) is 13.5. The van der Waals surface area contributed by atoms with E-state index in [1.807, 2.05) is 71.2 Å². The fraction of sp³-hybridized carbons (Fsp3) is 0.0556. The normalized spacial score (nSPS) is 11.2. The molecule has 0 aliphatic carbocycles. The molecule has 0 bridgehead atoms. The number of benzene rings is 3. The van der Waals surface area contributed by atoms with Crippen molar-refractivity contribution in [2.75, 3.05) is 4.90 Å². The lowest BCUT2D eigenvalue weighted by Gasteiger charge is -2.25. The lowest BCUT2D eigenvalue weighted by atomic mass is 10.1. The third-order valence-electron chi connectivity index (χ3n) is 6.67. The number of hydrogen-bond acceptors (Lipinski definition) is 4. The maximum atomic E-state index is 6.35. The van der Waals surface area contributed by atoms with E-state index in [1.54, 1.807) is 11.3 Å². The molecule has 42 heavy (non-hydrogen) atoms. The Morgan fingerprint density at radius 3 is 1.67 bits per heavy atom. The molecule has 0 unspecified atom stereocenters. The molecule has 0 atom stereocenters. The quantitative estimate of drug-likeness (QED) is 0.160. The maximum Gasteiger partial charge on any atom is 0.0476 e. The third-order valence-corrected chi connectivity index (χ3v) is 10.2. The Kier molecular flexibility index (Phi) is 8.80. The second kappa shape index (κ2) is 12.9. The van der Waals surface area contributed by atoms with Crippen molar-refractivity contribution < 1.29 is 0 Å². The molecule has 3 heterocycles. The molecule has 3 aromatic heterocycles. The first-order valence-corrected chi connectivity index (χ1v) is 16.7. The van der Waals surface area contributed by atoms with Crippen LogP contribution in [0.2, 0.25) is 10.0 Å². The van der Waals surface area contributed by atoms with Crippen LogP contribution in [0.25, 0.3) is 23.8 Å². The van der Waals surface area contributed by atoms with Crippen LogP contribution in [0.3, 0.4) is 0 Å². The monoisotopic (exact) mass is 639 g/mol. The Labute approximate surface area is 269 Å². The Bertz CT molecular complexity index is 1800. The summed E-state index contributed by atoms with van der Waals surface area (Å²) in [5.41, 5.74) is 5.40. The number of anilines is 3. The van der Waals surface area contributed by atoms with E-state index in [1.165, 1.54) is 34.8 Å². The van der Waals surface area contributed by atoms with Gasteiger partial charge in [-0.25, -0.2) is 0 Å². The summed E-state index contributed by atoms with van der Waals surface area (Å²) in [5.74, 6) is 0. The summed E-state index contributed by atoms with van der Waals surface area (Å²) in [7, 11) is 0. The highest BCUT2D eigenvalue weighted by atomic mass is 35.5. The van der Waals surface area contributed by atoms with Gasteiger partial charge in [-0.1, -0.05) is 53.5 Å². The van der Waals surface area contributed by atoms with Crippen LogP contribution in [-0.4, -0.2) is 0 Å². The van der Waals surface area contributed by atoms with Crippen LogP contribution >= 0.6 is 57.2 Å². The van der Waals surface area contributed by atoms with Crippen molar-refractivity contribution in [3.63, 3.8) is 0 Å². The van der Waals surface area contributed by atoms with Gasteiger partial charge in [-0.15, -0.1) is 34.0 Å². The molecule has 0 fully saturated rings. The summed E-state index contributed by atoms with van der Waals surface area (Å²) in [5, 5.41) is 1.37. The highest BCUT2D eigenvalue weighted by Gasteiger charge is 2.14. The van der Waals surface area contributed by atoms with Gasteiger partial charge in [-0.3, -0.25) is 0 Å². The van der Waals surface area contributed by atoms with E-state index in [0.29, 0.717) is 10.0 Å². The van der Waals surface area contributed by atoms with Crippen molar-refractivity contribution >= 4 is 98.1 Å². The van der Waals surface area contributed by atoms with Gasteiger partial charge in [0.05, 0.1) is 0 Å². The second-order valence-electron chi connectivity index (χ2n) is 9.84. The Morgan fingerprint density at radius 1 is 0.571 bits per heavy atom. The fourth-order valence-electron chi connectivity index (χ4n) is 4.69. The van der Waals surface area contributed by atoms with Gasteiger partial charge in [0.25, 0.3) is 0 Å². The van der Waals surface area contributed by atoms with Gasteiger partial charge >= 0.3 is 0 Å². The number of aryl methyl sites for hydroxylation is 2. The zero-order chi connectivity index (χ0) is 29.1. The number of rotatable bonds is 8. The van der Waals surface area contributed by atoms with Crippen molar-refractivity contribution in [3.8, 4) is 0 Å². The molecule has 0 radical (unpaired) electrons. The molecule has 3 aromatic carbocycles. The molecule has 0 saturated heterocycles. The lowest BCUT2D eigenvalue weighted by molar-refractivity contribution is 1.28. The lowest BCUT2D eigenvalue weighted by Crippen LogP contribution is -2.09. The summed E-state index contributed by atoms with van der Waals surface area (Å²) < 4.78 is 0. The number of nitrogens with zero attached hydrogens (tertiary/aromatic N) is 1. The average Bonchev–Trinajstić information content (AvgIpc) is 3.73. The highest BCUT2D eigenvalue weighted by Crippen LogP contribution is 2.38. The van der Waals surface area contributed by atoms with E-state index in [2.05, 4.69) is 97.6 Å². The molecule has 0 aliphatic heterocycles. The van der Waals surface area contributed by atoms with Crippen LogP contribution in [0.5, 0.6) is 0 Å². The minimum Gasteiger partial charge on any atom is -0.310 e. The van der Waals surface area contributed by atoms with Crippen LogP contribution < -0.4 is 4.90 Å². The molecule has 0 saturated carbocycles. The molecule has 6 aromatic rings. The molecule has 0 spiro atoms. The van der Waals surface area contributed by atoms with Crippen molar-refractivity contribution in [2.45, 2.75) is 13.8 Å². The maximum absolute atomic E-state index is 6.35. The van der Waals surface area contributed by atoms with Crippen LogP contribution in [-0.2, 0) is 0 Å². The van der Waals surface area contributed by atoms with Crippen LogP contribution in [0, 0.1) is 13.8 Å². The Morgan fingerprint density at radius 2 is 1.14 bits per heavy atom. The van der Waals surface area contributed by atoms with E-state index in [9.17, 15) is 0 Å². The number of hydrogen-bond donors (Lipinski definition) is 0. The molecule has 6 heteroatoms. The van der Waals surface area contributed by atoms with Gasteiger partial charge in [0.1, 0.15) is 0 Å². The van der Waals surface area contributed by atoms with E-state index < -0.39 is 0 Å². The van der Waals surface area contributed by atoms with Gasteiger partial charge in [-0.05, 0) is 116 Å². The van der Waals surface area contributed by atoms with Gasteiger partial charge < -0.3 is 4.90 Å². The van der Waals surface area contributed by atoms with E-state index in [-0.39, 0.29) is 0 Å². The largest absolute Gasteiger partial charge is 0.310 e. The van der Waals surface area contributed by atoms with Gasteiger partial charge in [0.2, 0.25) is 0 Å². The van der Waals surface area contributed by atoms with Crippen molar-refractivity contribution in [3.05, 3.63) is 154 Å². The molecule has 6 rings (SSSR count). The standard InChI is InChI=1S/C36H27Cl2NS3/c1-24-9-19-35(40-24)34(36-20-10-25(2)41-36)23-33-18-17-32(42-33)16-13-26-11-14-29(15-12-26)39(30-7-3-5-27(37)21-30)31-8-4-6-28(38)22-31/h3-23H,1-2H3. The first-order chi connectivity index (χ1) is 20.4. The van der Waals surface area contributed by atoms with Gasteiger partial charge in [-0.2, -0.15) is 0 Å². The summed E-state index contributed by atoms with van der Waals surface area (Å²) >= 11 is 18.2. The third kappa shape index (κ3) is 6.81. The van der Waals surface area contributed by atoms with Crippen LogP contribution in [0.1, 0.15) is 34.8 Å². The summed E-state index contributed by atoms with van der Waals surface area (Å²) in [6.07, 6.45) is 6.68. The van der Waals surface area contributed by atoms with E-state index >= 15 is 0 Å². The fourth-order valence-corrected chi connectivity index (χ4v) is 7.78. The minimum absolute atomic E-state index is 0.687. The van der Waals surface area contributed by atoms with Crippen molar-refractivity contribution in [2.24, 2.45) is 0 Å². The number of thiophene rings is 3.